The molecule has 0 N–H and O–H groups in total. The summed E-state index contributed by atoms with van der Waals surface area (Å²) >= 11 is 0. The molecule has 9 aromatic rings. The van der Waals surface area contributed by atoms with Crippen LogP contribution in [0.3, 0.4) is 0 Å². The van der Waals surface area contributed by atoms with E-state index in [1.54, 1.807) is 0 Å². The average Bonchev–Trinajstić information content (AvgIpc) is 3.35. The Labute approximate surface area is 363 Å². The Morgan fingerprint density at radius 3 is 1.24 bits per heavy atom. The van der Waals surface area contributed by atoms with Gasteiger partial charge >= 0.3 is 0 Å². The maximum Gasteiger partial charge on any atom is 0.164 e. The monoisotopic (exact) mass is 802 g/mol. The van der Waals surface area contributed by atoms with E-state index < -0.39 is 0 Å². The summed E-state index contributed by atoms with van der Waals surface area (Å²) in [5.41, 5.74) is 9.96. The summed E-state index contributed by atoms with van der Waals surface area (Å²) in [5.74, 6) is 3.80. The largest absolute Gasteiger partial charge is 0.208 e. The van der Waals surface area contributed by atoms with Gasteiger partial charge in [-0.3, -0.25) is 0 Å². The highest BCUT2D eigenvalue weighted by molar-refractivity contribution is 5.86. The van der Waals surface area contributed by atoms with Gasteiger partial charge in [-0.2, -0.15) is 0 Å². The van der Waals surface area contributed by atoms with Crippen molar-refractivity contribution in [2.24, 2.45) is 0 Å². The third-order valence-electron chi connectivity index (χ3n) is 11.9. The molecule has 9 rings (SSSR count). The van der Waals surface area contributed by atoms with Crippen LogP contribution >= 0.6 is 0 Å². The standard InChI is InChI=1S/C56H46N6/c1-5-17-44-36-46(26-24-38(44)6-2)54-59-50(40-19-11-9-12-20-40)57-52(61-54)42-28-32-48(33-29-42)56(7-3,8-4)49-34-30-43(31-35-49)53-58-51(41-21-13-10-14-22-41)60-55(62-53)47-27-25-39-18-15-16-23-45(39)37-47/h5-6,9-37H,2,7-8H2,1,3-4H3/b17-5-. The molecule has 2 heterocycles. The van der Waals surface area contributed by atoms with Crippen LogP contribution in [0, 0.1) is 0 Å². The van der Waals surface area contributed by atoms with Crippen LogP contribution in [0.25, 0.3) is 91.3 Å². The van der Waals surface area contributed by atoms with Crippen molar-refractivity contribution in [2.45, 2.75) is 39.0 Å². The summed E-state index contributed by atoms with van der Waals surface area (Å²) in [7, 11) is 0. The average molecular weight is 803 g/mol. The second kappa shape index (κ2) is 17.5. The Morgan fingerprint density at radius 1 is 0.403 bits per heavy atom. The van der Waals surface area contributed by atoms with Crippen LogP contribution < -0.4 is 0 Å². The molecule has 0 aliphatic rings. The molecule has 7 aromatic carbocycles. The summed E-state index contributed by atoms with van der Waals surface area (Å²) in [6, 6.07) is 58.7. The van der Waals surface area contributed by atoms with Gasteiger partial charge < -0.3 is 0 Å². The van der Waals surface area contributed by atoms with Crippen molar-refractivity contribution in [3.8, 4) is 68.3 Å². The van der Waals surface area contributed by atoms with E-state index in [1.807, 2.05) is 79.7 Å². The van der Waals surface area contributed by atoms with Crippen molar-refractivity contribution in [1.29, 1.82) is 0 Å². The lowest BCUT2D eigenvalue weighted by molar-refractivity contribution is 0.478. The van der Waals surface area contributed by atoms with E-state index in [-0.39, 0.29) is 5.41 Å². The van der Waals surface area contributed by atoms with Gasteiger partial charge in [0.15, 0.2) is 34.9 Å². The Kier molecular flexibility index (Phi) is 11.2. The fourth-order valence-electron chi connectivity index (χ4n) is 8.36. The first-order valence-corrected chi connectivity index (χ1v) is 21.2. The van der Waals surface area contributed by atoms with Crippen LogP contribution in [0.1, 0.15) is 55.9 Å². The minimum Gasteiger partial charge on any atom is -0.208 e. The molecule has 6 nitrogen and oxygen atoms in total. The second-order valence-corrected chi connectivity index (χ2v) is 15.4. The van der Waals surface area contributed by atoms with Crippen LogP contribution in [0.15, 0.2) is 183 Å². The van der Waals surface area contributed by atoms with Gasteiger partial charge in [0.2, 0.25) is 0 Å². The fraction of sp³-hybridized carbons (Fsp3) is 0.107. The molecule has 62 heavy (non-hydrogen) atoms. The third-order valence-corrected chi connectivity index (χ3v) is 11.9. The van der Waals surface area contributed by atoms with Gasteiger partial charge in [0, 0.05) is 38.8 Å². The lowest BCUT2D eigenvalue weighted by Gasteiger charge is -2.33. The molecule has 0 saturated heterocycles. The first-order valence-electron chi connectivity index (χ1n) is 21.2. The zero-order chi connectivity index (χ0) is 42.5. The van der Waals surface area contributed by atoms with Crippen molar-refractivity contribution in [2.75, 3.05) is 0 Å². The fourth-order valence-corrected chi connectivity index (χ4v) is 8.36. The minimum absolute atomic E-state index is 0.225. The highest BCUT2D eigenvalue weighted by Gasteiger charge is 2.31. The number of nitrogens with zero attached hydrogens (tertiary/aromatic N) is 6. The van der Waals surface area contributed by atoms with E-state index in [0.717, 1.165) is 62.7 Å². The molecular formula is C56H46N6. The summed E-state index contributed by atoms with van der Waals surface area (Å²) in [6.07, 6.45) is 7.82. The predicted molar refractivity (Wildman–Crippen MR) is 256 cm³/mol. The number of fused-ring (bicyclic) bond motifs is 1. The van der Waals surface area contributed by atoms with Gasteiger partial charge in [0.05, 0.1) is 0 Å². The van der Waals surface area contributed by atoms with Crippen molar-refractivity contribution < 1.29 is 0 Å². The van der Waals surface area contributed by atoms with Crippen molar-refractivity contribution in [1.82, 2.24) is 29.9 Å². The number of aromatic nitrogens is 6. The number of benzene rings is 7. The smallest absolute Gasteiger partial charge is 0.164 e. The third kappa shape index (κ3) is 7.86. The molecular weight excluding hydrogens is 757 g/mol. The van der Waals surface area contributed by atoms with Gasteiger partial charge in [-0.1, -0.05) is 196 Å². The first-order chi connectivity index (χ1) is 30.5. The zero-order valence-corrected chi connectivity index (χ0v) is 35.2. The number of allylic oxidation sites excluding steroid dienone is 1. The van der Waals surface area contributed by atoms with Crippen molar-refractivity contribution >= 4 is 22.9 Å². The second-order valence-electron chi connectivity index (χ2n) is 15.4. The van der Waals surface area contributed by atoms with E-state index in [1.165, 1.54) is 16.5 Å². The molecule has 0 amide bonds. The predicted octanol–water partition coefficient (Wildman–Crippen LogP) is 14.0. The number of hydrogen-bond donors (Lipinski definition) is 0. The number of hydrogen-bond acceptors (Lipinski definition) is 6. The number of rotatable bonds is 12. The van der Waals surface area contributed by atoms with Gasteiger partial charge in [0.1, 0.15) is 0 Å². The van der Waals surface area contributed by atoms with E-state index in [2.05, 4.69) is 136 Å². The van der Waals surface area contributed by atoms with Crippen LogP contribution in [0.5, 0.6) is 0 Å². The van der Waals surface area contributed by atoms with E-state index in [9.17, 15) is 0 Å². The van der Waals surface area contributed by atoms with Gasteiger partial charge in [-0.05, 0) is 64.9 Å². The van der Waals surface area contributed by atoms with Gasteiger partial charge in [-0.25, -0.2) is 29.9 Å². The molecule has 0 spiro atoms. The highest BCUT2D eigenvalue weighted by Crippen LogP contribution is 2.40. The van der Waals surface area contributed by atoms with Crippen molar-refractivity contribution in [3.05, 3.63) is 205 Å². The molecule has 6 heteroatoms. The summed E-state index contributed by atoms with van der Waals surface area (Å²) in [6.45, 7) is 10.6. The molecule has 0 atom stereocenters. The molecule has 0 aliphatic carbocycles. The quantitative estimate of drug-likeness (QED) is 0.122. The Bertz CT molecular complexity index is 3040. The zero-order valence-electron chi connectivity index (χ0n) is 35.2. The van der Waals surface area contributed by atoms with E-state index >= 15 is 0 Å². The molecule has 0 fully saturated rings. The van der Waals surface area contributed by atoms with Crippen LogP contribution in [0.4, 0.5) is 0 Å². The van der Waals surface area contributed by atoms with E-state index in [4.69, 9.17) is 29.9 Å². The van der Waals surface area contributed by atoms with E-state index in [0.29, 0.717) is 34.9 Å². The van der Waals surface area contributed by atoms with Crippen LogP contribution in [0.2, 0.25) is 0 Å². The molecule has 2 aromatic heterocycles. The maximum absolute atomic E-state index is 5.06. The SMILES string of the molecule is C=Cc1ccc(-c2nc(-c3ccccc3)nc(-c3ccc(C(CC)(CC)c4ccc(-c5nc(-c6ccccc6)nc(-c6ccc7ccccc7c6)n5)cc4)cc3)n2)cc1/C=C\C. The molecule has 0 bridgehead atoms. The summed E-state index contributed by atoms with van der Waals surface area (Å²) in [5, 5.41) is 2.32. The molecule has 0 saturated carbocycles. The molecule has 0 radical (unpaired) electrons. The first kappa shape index (κ1) is 39.7. The lowest BCUT2D eigenvalue weighted by atomic mass is 9.70. The molecule has 0 unspecified atom stereocenters. The Morgan fingerprint density at radius 2 is 0.790 bits per heavy atom. The van der Waals surface area contributed by atoms with Crippen LogP contribution in [-0.2, 0) is 5.41 Å². The minimum atomic E-state index is -0.225. The lowest BCUT2D eigenvalue weighted by Crippen LogP contribution is -2.26. The molecule has 0 aliphatic heterocycles. The highest BCUT2D eigenvalue weighted by atomic mass is 15.0. The Balaban J connectivity index is 1.07. The van der Waals surface area contributed by atoms with Crippen LogP contribution in [-0.4, -0.2) is 29.9 Å². The molecule has 300 valence electrons. The van der Waals surface area contributed by atoms with Gasteiger partial charge in [0.25, 0.3) is 0 Å². The maximum atomic E-state index is 5.06. The summed E-state index contributed by atoms with van der Waals surface area (Å²) in [4.78, 5) is 30.1. The van der Waals surface area contributed by atoms with Crippen molar-refractivity contribution in [3.63, 3.8) is 0 Å². The normalized spacial score (nSPS) is 11.6. The summed E-state index contributed by atoms with van der Waals surface area (Å²) < 4.78 is 0. The topological polar surface area (TPSA) is 77.3 Å². The van der Waals surface area contributed by atoms with Gasteiger partial charge in [-0.15, -0.1) is 0 Å². The Hall–Kier alpha value is -7.70.